The van der Waals surface area contributed by atoms with Gasteiger partial charge in [0, 0.05) is 25.0 Å². The van der Waals surface area contributed by atoms with Crippen molar-refractivity contribution in [3.8, 4) is 0 Å². The van der Waals surface area contributed by atoms with Crippen LogP contribution >= 0.6 is 0 Å². The predicted molar refractivity (Wildman–Crippen MR) is 82.7 cm³/mol. The van der Waals surface area contributed by atoms with E-state index in [2.05, 4.69) is 20.9 Å². The third-order valence-corrected chi connectivity index (χ3v) is 3.10. The topological polar surface area (TPSA) is 55.0 Å². The molecule has 0 aliphatic rings. The zero-order chi connectivity index (χ0) is 14.5. The number of aromatic nitrogens is 2. The van der Waals surface area contributed by atoms with Gasteiger partial charge in [-0.1, -0.05) is 12.1 Å². The largest absolute Gasteiger partial charge is 0.354 e. The maximum atomic E-state index is 5.79. The summed E-state index contributed by atoms with van der Waals surface area (Å²) in [5.41, 5.74) is 9.05. The van der Waals surface area contributed by atoms with Crippen LogP contribution in [0.5, 0.6) is 0 Å². The van der Waals surface area contributed by atoms with Crippen LogP contribution in [0, 0.1) is 6.92 Å². The molecule has 0 fully saturated rings. The van der Waals surface area contributed by atoms with Gasteiger partial charge < -0.3 is 10.6 Å². The molecule has 2 N–H and O–H groups in total. The number of pyridine rings is 2. The molecule has 0 amide bonds. The van der Waals surface area contributed by atoms with E-state index in [0.29, 0.717) is 0 Å². The fourth-order valence-corrected chi connectivity index (χ4v) is 2.15. The van der Waals surface area contributed by atoms with Crippen LogP contribution in [-0.4, -0.2) is 23.1 Å². The van der Waals surface area contributed by atoms with Gasteiger partial charge in [-0.2, -0.15) is 0 Å². The Bertz CT molecular complexity index is 549. The van der Waals surface area contributed by atoms with Crippen LogP contribution in [0.1, 0.15) is 23.9 Å². The summed E-state index contributed by atoms with van der Waals surface area (Å²) in [4.78, 5) is 11.1. The Morgan fingerprint density at radius 3 is 2.65 bits per heavy atom. The Hall–Kier alpha value is -1.94. The maximum Gasteiger partial charge on any atom is 0.128 e. The maximum absolute atomic E-state index is 5.79. The number of aryl methyl sites for hydroxylation is 1. The number of nitrogens with zero attached hydrogens (tertiary/aromatic N) is 3. The van der Waals surface area contributed by atoms with Gasteiger partial charge in [-0.15, -0.1) is 0 Å². The van der Waals surface area contributed by atoms with E-state index in [0.717, 1.165) is 30.2 Å². The quantitative estimate of drug-likeness (QED) is 0.906. The van der Waals surface area contributed by atoms with E-state index in [-0.39, 0.29) is 6.04 Å². The molecule has 2 rings (SSSR count). The lowest BCUT2D eigenvalue weighted by molar-refractivity contribution is 0.735. The molecular formula is C16H22N4. The van der Waals surface area contributed by atoms with Crippen molar-refractivity contribution in [2.24, 2.45) is 5.73 Å². The summed E-state index contributed by atoms with van der Waals surface area (Å²) in [7, 11) is 2.03. The molecule has 4 heteroatoms. The molecule has 0 aromatic carbocycles. The first kappa shape index (κ1) is 14.5. The van der Waals surface area contributed by atoms with Gasteiger partial charge in [-0.05, 0) is 44.0 Å². The summed E-state index contributed by atoms with van der Waals surface area (Å²) >= 11 is 0. The Morgan fingerprint density at radius 1 is 1.25 bits per heavy atom. The highest BCUT2D eigenvalue weighted by Gasteiger charge is 2.05. The molecule has 0 spiro atoms. The SMILES string of the molecule is Cc1cccc(CN(C)c2ccc(CC(C)N)cn2)n1. The molecule has 4 nitrogen and oxygen atoms in total. The lowest BCUT2D eigenvalue weighted by Crippen LogP contribution is -2.20. The first-order valence-corrected chi connectivity index (χ1v) is 6.89. The van der Waals surface area contributed by atoms with E-state index in [1.165, 1.54) is 5.56 Å². The summed E-state index contributed by atoms with van der Waals surface area (Å²) < 4.78 is 0. The molecule has 2 aromatic rings. The van der Waals surface area contributed by atoms with Crippen LogP contribution in [-0.2, 0) is 13.0 Å². The Kier molecular flexibility index (Phi) is 4.69. The molecule has 2 heterocycles. The molecule has 0 saturated carbocycles. The first-order valence-electron chi connectivity index (χ1n) is 6.89. The van der Waals surface area contributed by atoms with Crippen molar-refractivity contribution >= 4 is 5.82 Å². The zero-order valence-corrected chi connectivity index (χ0v) is 12.4. The monoisotopic (exact) mass is 270 g/mol. The average molecular weight is 270 g/mol. The molecule has 0 radical (unpaired) electrons. The minimum absolute atomic E-state index is 0.164. The highest BCUT2D eigenvalue weighted by atomic mass is 15.2. The molecular weight excluding hydrogens is 248 g/mol. The van der Waals surface area contributed by atoms with Crippen LogP contribution in [0.3, 0.4) is 0 Å². The minimum atomic E-state index is 0.164. The van der Waals surface area contributed by atoms with Crippen molar-refractivity contribution in [2.45, 2.75) is 32.9 Å². The second-order valence-corrected chi connectivity index (χ2v) is 5.33. The molecule has 106 valence electrons. The average Bonchev–Trinajstić information content (AvgIpc) is 2.38. The van der Waals surface area contributed by atoms with Gasteiger partial charge in [0.25, 0.3) is 0 Å². The van der Waals surface area contributed by atoms with Crippen molar-refractivity contribution in [1.29, 1.82) is 0 Å². The van der Waals surface area contributed by atoms with Crippen molar-refractivity contribution < 1.29 is 0 Å². The minimum Gasteiger partial charge on any atom is -0.354 e. The van der Waals surface area contributed by atoms with Crippen LogP contribution < -0.4 is 10.6 Å². The van der Waals surface area contributed by atoms with Gasteiger partial charge in [0.15, 0.2) is 0 Å². The standard InChI is InChI=1S/C16H22N4/c1-12(17)9-14-7-8-16(18-10-14)20(3)11-15-6-4-5-13(2)19-15/h4-8,10,12H,9,11,17H2,1-3H3. The van der Waals surface area contributed by atoms with Gasteiger partial charge in [-0.3, -0.25) is 4.98 Å². The molecule has 0 aliphatic heterocycles. The van der Waals surface area contributed by atoms with Crippen molar-refractivity contribution in [1.82, 2.24) is 9.97 Å². The number of anilines is 1. The van der Waals surface area contributed by atoms with Crippen LogP contribution in [0.15, 0.2) is 36.5 Å². The Labute approximate surface area is 120 Å². The normalized spacial score (nSPS) is 12.2. The highest BCUT2D eigenvalue weighted by Crippen LogP contribution is 2.13. The summed E-state index contributed by atoms with van der Waals surface area (Å²) in [6, 6.07) is 10.4. The summed E-state index contributed by atoms with van der Waals surface area (Å²) in [6.45, 7) is 4.76. The molecule has 0 aliphatic carbocycles. The number of hydrogen-bond donors (Lipinski definition) is 1. The summed E-state index contributed by atoms with van der Waals surface area (Å²) in [5.74, 6) is 0.946. The third kappa shape index (κ3) is 4.03. The lowest BCUT2D eigenvalue weighted by atomic mass is 10.1. The van der Waals surface area contributed by atoms with Gasteiger partial charge in [-0.25, -0.2) is 4.98 Å². The van der Waals surface area contributed by atoms with E-state index < -0.39 is 0 Å². The Morgan fingerprint density at radius 2 is 2.05 bits per heavy atom. The van der Waals surface area contributed by atoms with Crippen molar-refractivity contribution in [3.63, 3.8) is 0 Å². The fourth-order valence-electron chi connectivity index (χ4n) is 2.15. The van der Waals surface area contributed by atoms with E-state index in [9.17, 15) is 0 Å². The smallest absolute Gasteiger partial charge is 0.128 e. The second-order valence-electron chi connectivity index (χ2n) is 5.33. The van der Waals surface area contributed by atoms with Crippen molar-refractivity contribution in [2.75, 3.05) is 11.9 Å². The third-order valence-electron chi connectivity index (χ3n) is 3.10. The Balaban J connectivity index is 2.03. The van der Waals surface area contributed by atoms with Crippen LogP contribution in [0.25, 0.3) is 0 Å². The predicted octanol–water partition coefficient (Wildman–Crippen LogP) is 2.31. The van der Waals surface area contributed by atoms with Crippen molar-refractivity contribution in [3.05, 3.63) is 53.5 Å². The number of nitrogens with two attached hydrogens (primary N) is 1. The fraction of sp³-hybridized carbons (Fsp3) is 0.375. The molecule has 0 bridgehead atoms. The highest BCUT2D eigenvalue weighted by molar-refractivity contribution is 5.39. The van der Waals surface area contributed by atoms with E-state index in [1.807, 2.05) is 51.4 Å². The van der Waals surface area contributed by atoms with E-state index in [1.54, 1.807) is 0 Å². The summed E-state index contributed by atoms with van der Waals surface area (Å²) in [6.07, 6.45) is 2.76. The molecule has 1 atom stereocenters. The first-order chi connectivity index (χ1) is 9.54. The zero-order valence-electron chi connectivity index (χ0n) is 12.4. The van der Waals surface area contributed by atoms with E-state index in [4.69, 9.17) is 5.73 Å². The number of hydrogen-bond acceptors (Lipinski definition) is 4. The van der Waals surface area contributed by atoms with Crippen LogP contribution in [0.2, 0.25) is 0 Å². The summed E-state index contributed by atoms with van der Waals surface area (Å²) in [5, 5.41) is 0. The lowest BCUT2D eigenvalue weighted by Gasteiger charge is -2.18. The van der Waals surface area contributed by atoms with Gasteiger partial charge >= 0.3 is 0 Å². The van der Waals surface area contributed by atoms with Crippen LogP contribution in [0.4, 0.5) is 5.82 Å². The molecule has 2 aromatic heterocycles. The molecule has 0 saturated heterocycles. The number of rotatable bonds is 5. The second kappa shape index (κ2) is 6.48. The van der Waals surface area contributed by atoms with Gasteiger partial charge in [0.1, 0.15) is 5.82 Å². The molecule has 20 heavy (non-hydrogen) atoms. The van der Waals surface area contributed by atoms with Gasteiger partial charge in [0.2, 0.25) is 0 Å². The molecule has 1 unspecified atom stereocenters. The van der Waals surface area contributed by atoms with E-state index >= 15 is 0 Å². The van der Waals surface area contributed by atoms with Gasteiger partial charge in [0.05, 0.1) is 12.2 Å².